The van der Waals surface area contributed by atoms with Crippen LogP contribution in [0.3, 0.4) is 0 Å². The molecule has 7 heteroatoms. The third kappa shape index (κ3) is 2.14. The summed E-state index contributed by atoms with van der Waals surface area (Å²) in [7, 11) is 0. The average molecular weight is 246 g/mol. The monoisotopic (exact) mass is 246 g/mol. The summed E-state index contributed by atoms with van der Waals surface area (Å²) in [6, 6.07) is 7.94. The Kier molecular flexibility index (Phi) is 2.96. The number of carbonyl (C=O) groups is 1. The van der Waals surface area contributed by atoms with Crippen LogP contribution >= 0.6 is 0 Å². The second-order valence-electron chi connectivity index (χ2n) is 3.39. The molecule has 0 aliphatic rings. The van der Waals surface area contributed by atoms with Gasteiger partial charge in [0.15, 0.2) is 0 Å². The van der Waals surface area contributed by atoms with E-state index in [0.29, 0.717) is 4.90 Å². The maximum Gasteiger partial charge on any atom is 0.325 e. The smallest absolute Gasteiger partial charge is 0.325 e. The summed E-state index contributed by atoms with van der Waals surface area (Å²) in [5.41, 5.74) is -1.52. The van der Waals surface area contributed by atoms with E-state index in [1.807, 2.05) is 4.98 Å². The Morgan fingerprint density at radius 2 is 1.83 bits per heavy atom. The number of anilines is 2. The molecule has 1 heterocycles. The molecule has 18 heavy (non-hydrogen) atoms. The number of nitrogens with one attached hydrogen (secondary N) is 2. The van der Waals surface area contributed by atoms with E-state index in [4.69, 9.17) is 0 Å². The molecule has 0 spiro atoms. The molecule has 2 aromatic rings. The molecule has 0 atom stereocenters. The zero-order valence-corrected chi connectivity index (χ0v) is 9.04. The number of carboxylic acid groups (broad SMARTS) is 1. The van der Waals surface area contributed by atoms with Crippen LogP contribution in [0.5, 0.6) is 0 Å². The van der Waals surface area contributed by atoms with Gasteiger partial charge in [-0.3, -0.25) is 14.7 Å². The summed E-state index contributed by atoms with van der Waals surface area (Å²) in [6.45, 7) is 0. The number of rotatable bonds is 2. The number of para-hydroxylation sites is 1. The summed E-state index contributed by atoms with van der Waals surface area (Å²) in [4.78, 5) is 38.4. The second kappa shape index (κ2) is 4.58. The number of carbonyl (C=O) groups excluding carboxylic acids is 1. The van der Waals surface area contributed by atoms with E-state index in [2.05, 4.69) is 4.98 Å². The molecule has 0 fully saturated rings. The van der Waals surface area contributed by atoms with Crippen molar-refractivity contribution in [1.29, 1.82) is 0 Å². The highest BCUT2D eigenvalue weighted by Gasteiger charge is 2.14. The Bertz CT molecular complexity index is 674. The quantitative estimate of drug-likeness (QED) is 0.747. The molecule has 1 aromatic heterocycles. The fourth-order valence-electron chi connectivity index (χ4n) is 1.49. The summed E-state index contributed by atoms with van der Waals surface area (Å²) in [5, 5.41) is 11.1. The first-order chi connectivity index (χ1) is 8.59. The summed E-state index contributed by atoms with van der Waals surface area (Å²) >= 11 is 0. The van der Waals surface area contributed by atoms with Gasteiger partial charge in [0.05, 0.1) is 0 Å². The summed E-state index contributed by atoms with van der Waals surface area (Å²) in [6.07, 6.45) is -0.553. The average Bonchev–Trinajstić information content (AvgIpc) is 2.33. The molecule has 0 aliphatic heterocycles. The van der Waals surface area contributed by atoms with Crippen molar-refractivity contribution in [2.75, 3.05) is 4.90 Å². The molecule has 1 amide bonds. The van der Waals surface area contributed by atoms with Crippen molar-refractivity contribution in [3.63, 3.8) is 0 Å². The van der Waals surface area contributed by atoms with Crippen LogP contribution in [0.4, 0.5) is 16.2 Å². The molecule has 0 bridgehead atoms. The van der Waals surface area contributed by atoms with Gasteiger partial charge in [0.1, 0.15) is 11.8 Å². The number of hydrogen-bond acceptors (Lipinski definition) is 4. The van der Waals surface area contributed by atoms with Crippen molar-refractivity contribution >= 4 is 17.5 Å². The number of amides is 1. The SMILES string of the molecule is O=C([O-])N(c1ccccc1)c1c[nH]c(=O)[nH]c1=O. The maximum atomic E-state index is 11.6. The fourth-order valence-corrected chi connectivity index (χ4v) is 1.49. The molecule has 2 N–H and O–H groups in total. The van der Waals surface area contributed by atoms with Crippen molar-refractivity contribution in [3.8, 4) is 0 Å². The highest BCUT2D eigenvalue weighted by molar-refractivity contribution is 5.92. The van der Waals surface area contributed by atoms with Crippen molar-refractivity contribution in [1.82, 2.24) is 9.97 Å². The largest absolute Gasteiger partial charge is 0.529 e. The van der Waals surface area contributed by atoms with Crippen LogP contribution in [0.25, 0.3) is 0 Å². The van der Waals surface area contributed by atoms with Crippen LogP contribution in [-0.4, -0.2) is 16.1 Å². The van der Waals surface area contributed by atoms with Crippen molar-refractivity contribution in [2.24, 2.45) is 0 Å². The Morgan fingerprint density at radius 1 is 1.17 bits per heavy atom. The van der Waals surface area contributed by atoms with E-state index in [9.17, 15) is 19.5 Å². The van der Waals surface area contributed by atoms with Gasteiger partial charge in [0, 0.05) is 11.9 Å². The van der Waals surface area contributed by atoms with Crippen LogP contribution in [0, 0.1) is 0 Å². The van der Waals surface area contributed by atoms with Gasteiger partial charge in [0.25, 0.3) is 5.56 Å². The normalized spacial score (nSPS) is 10.0. The molecule has 0 aliphatic carbocycles. The minimum absolute atomic E-state index is 0.235. The molecule has 92 valence electrons. The minimum Gasteiger partial charge on any atom is -0.529 e. The number of H-pyrrole nitrogens is 2. The standard InChI is InChI=1S/C11H9N3O4/c15-9-8(6-12-10(16)13-9)14(11(17)18)7-4-2-1-3-5-7/h1-6H,(H,17,18)(H2,12,13,15,16)/p-1. The third-order valence-electron chi connectivity index (χ3n) is 2.24. The maximum absolute atomic E-state index is 11.6. The molecular formula is C11H8N3O4-. The fraction of sp³-hybridized carbons (Fsp3) is 0. The lowest BCUT2D eigenvalue weighted by atomic mass is 10.3. The van der Waals surface area contributed by atoms with Gasteiger partial charge in [-0.15, -0.1) is 0 Å². The van der Waals surface area contributed by atoms with E-state index >= 15 is 0 Å². The van der Waals surface area contributed by atoms with E-state index in [1.54, 1.807) is 18.2 Å². The molecule has 7 nitrogen and oxygen atoms in total. The number of hydrogen-bond donors (Lipinski definition) is 2. The zero-order valence-electron chi connectivity index (χ0n) is 9.04. The van der Waals surface area contributed by atoms with Crippen LogP contribution in [0.1, 0.15) is 0 Å². The summed E-state index contributed by atoms with van der Waals surface area (Å²) < 4.78 is 0. The van der Waals surface area contributed by atoms with Crippen LogP contribution in [-0.2, 0) is 0 Å². The summed E-state index contributed by atoms with van der Waals surface area (Å²) in [5.74, 6) is 0. The number of aromatic amines is 2. The highest BCUT2D eigenvalue weighted by atomic mass is 16.4. The zero-order chi connectivity index (χ0) is 13.1. The molecule has 2 rings (SSSR count). The van der Waals surface area contributed by atoms with E-state index in [1.165, 1.54) is 12.1 Å². The van der Waals surface area contributed by atoms with E-state index < -0.39 is 17.3 Å². The van der Waals surface area contributed by atoms with Crippen molar-refractivity contribution < 1.29 is 9.90 Å². The molecule has 0 saturated carbocycles. The number of benzene rings is 1. The highest BCUT2D eigenvalue weighted by Crippen LogP contribution is 2.20. The van der Waals surface area contributed by atoms with Crippen molar-refractivity contribution in [3.05, 3.63) is 57.4 Å². The van der Waals surface area contributed by atoms with Gasteiger partial charge >= 0.3 is 5.69 Å². The van der Waals surface area contributed by atoms with Crippen LogP contribution in [0.2, 0.25) is 0 Å². The van der Waals surface area contributed by atoms with Gasteiger partial charge in [-0.25, -0.2) is 4.79 Å². The van der Waals surface area contributed by atoms with Crippen molar-refractivity contribution in [2.45, 2.75) is 0 Å². The van der Waals surface area contributed by atoms with Gasteiger partial charge in [-0.1, -0.05) is 18.2 Å². The lowest BCUT2D eigenvalue weighted by Gasteiger charge is -2.23. The first-order valence-corrected chi connectivity index (χ1v) is 4.98. The van der Waals surface area contributed by atoms with Gasteiger partial charge in [-0.05, 0) is 12.1 Å². The molecular weight excluding hydrogens is 238 g/mol. The molecule has 0 unspecified atom stereocenters. The third-order valence-corrected chi connectivity index (χ3v) is 2.24. The Morgan fingerprint density at radius 3 is 2.39 bits per heavy atom. The van der Waals surface area contributed by atoms with E-state index in [-0.39, 0.29) is 11.4 Å². The lowest BCUT2D eigenvalue weighted by molar-refractivity contribution is -0.245. The predicted molar refractivity (Wildman–Crippen MR) is 61.7 cm³/mol. The Labute approximate surface area is 100 Å². The molecule has 0 saturated heterocycles. The van der Waals surface area contributed by atoms with Gasteiger partial charge < -0.3 is 14.9 Å². The van der Waals surface area contributed by atoms with Crippen LogP contribution in [0.15, 0.2) is 46.1 Å². The molecule has 0 radical (unpaired) electrons. The van der Waals surface area contributed by atoms with Gasteiger partial charge in [0.2, 0.25) is 0 Å². The minimum atomic E-state index is -1.57. The van der Waals surface area contributed by atoms with Crippen LogP contribution < -0.4 is 21.3 Å². The number of nitrogens with zero attached hydrogens (tertiary/aromatic N) is 1. The number of aromatic nitrogens is 2. The van der Waals surface area contributed by atoms with Gasteiger partial charge in [-0.2, -0.15) is 0 Å². The Hall–Kier alpha value is -2.83. The lowest BCUT2D eigenvalue weighted by Crippen LogP contribution is -2.41. The predicted octanol–water partition coefficient (Wildman–Crippen LogP) is -0.455. The first-order valence-electron chi connectivity index (χ1n) is 4.98. The first kappa shape index (κ1) is 11.6. The second-order valence-corrected chi connectivity index (χ2v) is 3.39. The van der Waals surface area contributed by atoms with E-state index in [0.717, 1.165) is 6.20 Å². The molecule has 1 aromatic carbocycles. The topological polar surface area (TPSA) is 109 Å². The Balaban J connectivity index is 2.59.